The molecule has 1 aliphatic heterocycles. The lowest BCUT2D eigenvalue weighted by molar-refractivity contribution is -0.138. The Kier molecular flexibility index (Phi) is 3.88. The van der Waals surface area contributed by atoms with Gasteiger partial charge in [0, 0.05) is 19.1 Å². The molecule has 1 fully saturated rings. The van der Waals surface area contributed by atoms with Gasteiger partial charge >= 0.3 is 5.97 Å². The van der Waals surface area contributed by atoms with Crippen molar-refractivity contribution in [3.05, 3.63) is 0 Å². The van der Waals surface area contributed by atoms with Crippen LogP contribution >= 0.6 is 0 Å². The van der Waals surface area contributed by atoms with E-state index in [4.69, 9.17) is 5.11 Å². The minimum absolute atomic E-state index is 0.0141. The largest absolute Gasteiger partial charge is 0.481 e. The van der Waals surface area contributed by atoms with Gasteiger partial charge in [-0.15, -0.1) is 0 Å². The summed E-state index contributed by atoms with van der Waals surface area (Å²) in [5.41, 5.74) is 0. The maximum atomic E-state index is 11.2. The molecule has 0 aromatic heterocycles. The Balaban J connectivity index is 2.47. The smallest absolute Gasteiger partial charge is 0.304 e. The Labute approximate surface area is 83.1 Å². The molecule has 0 saturated carbocycles. The molecule has 0 aromatic rings. The molecule has 0 aliphatic carbocycles. The zero-order chi connectivity index (χ0) is 10.6. The van der Waals surface area contributed by atoms with Gasteiger partial charge in [-0.2, -0.15) is 0 Å². The second kappa shape index (κ2) is 4.95. The van der Waals surface area contributed by atoms with Crippen molar-refractivity contribution in [2.45, 2.75) is 25.8 Å². The first-order valence-electron chi connectivity index (χ1n) is 4.82. The summed E-state index contributed by atoms with van der Waals surface area (Å²) in [7, 11) is 0. The highest BCUT2D eigenvalue weighted by Gasteiger charge is 2.21. The van der Waals surface area contributed by atoms with Crippen molar-refractivity contribution in [1.82, 2.24) is 10.2 Å². The van der Waals surface area contributed by atoms with E-state index >= 15 is 0 Å². The van der Waals surface area contributed by atoms with E-state index in [0.717, 1.165) is 13.0 Å². The number of carbonyl (C=O) groups is 2. The number of carbonyl (C=O) groups excluding carboxylic acids is 1. The average molecular weight is 200 g/mol. The molecule has 1 amide bonds. The lowest BCUT2D eigenvalue weighted by Crippen LogP contribution is -2.39. The Bertz CT molecular complexity index is 230. The molecule has 14 heavy (non-hydrogen) atoms. The Morgan fingerprint density at radius 3 is 3.07 bits per heavy atom. The average Bonchev–Trinajstić information content (AvgIpc) is 2.28. The van der Waals surface area contributed by atoms with Crippen LogP contribution in [0.4, 0.5) is 0 Å². The van der Waals surface area contributed by atoms with Gasteiger partial charge in [0.15, 0.2) is 0 Å². The summed E-state index contributed by atoms with van der Waals surface area (Å²) < 4.78 is 0. The lowest BCUT2D eigenvalue weighted by Gasteiger charge is -2.24. The van der Waals surface area contributed by atoms with Crippen LogP contribution < -0.4 is 5.32 Å². The summed E-state index contributed by atoms with van der Waals surface area (Å²) in [5.74, 6) is -0.832. The molecule has 1 aliphatic rings. The molecule has 2 N–H and O–H groups in total. The van der Waals surface area contributed by atoms with Crippen molar-refractivity contribution in [2.75, 3.05) is 19.6 Å². The predicted molar refractivity (Wildman–Crippen MR) is 50.9 cm³/mol. The van der Waals surface area contributed by atoms with Crippen LogP contribution in [0.15, 0.2) is 0 Å². The molecule has 0 aromatic carbocycles. The third-order valence-corrected chi connectivity index (χ3v) is 2.38. The summed E-state index contributed by atoms with van der Waals surface area (Å²) >= 11 is 0. The SMILES string of the molecule is CC(CC(=O)O)N1CCCNC(=O)C1. The highest BCUT2D eigenvalue weighted by Crippen LogP contribution is 2.06. The molecule has 0 bridgehead atoms. The van der Waals surface area contributed by atoms with Gasteiger partial charge in [0.1, 0.15) is 0 Å². The van der Waals surface area contributed by atoms with Crippen LogP contribution in [0.2, 0.25) is 0 Å². The summed E-state index contributed by atoms with van der Waals surface area (Å²) in [6, 6.07) is -0.0728. The van der Waals surface area contributed by atoms with Crippen molar-refractivity contribution < 1.29 is 14.7 Å². The molecule has 1 atom stereocenters. The molecule has 80 valence electrons. The number of aliphatic carboxylic acids is 1. The summed E-state index contributed by atoms with van der Waals surface area (Å²) in [6.45, 7) is 3.63. The number of nitrogens with one attached hydrogen (secondary N) is 1. The Hall–Kier alpha value is -1.10. The van der Waals surface area contributed by atoms with E-state index in [9.17, 15) is 9.59 Å². The maximum Gasteiger partial charge on any atom is 0.304 e. The normalized spacial score (nSPS) is 21.1. The van der Waals surface area contributed by atoms with E-state index in [1.807, 2.05) is 11.8 Å². The quantitative estimate of drug-likeness (QED) is 0.654. The standard InChI is InChI=1S/C9H16N2O3/c1-7(5-9(13)14)11-4-2-3-10-8(12)6-11/h7H,2-6H2,1H3,(H,10,12)(H,13,14). The third-order valence-electron chi connectivity index (χ3n) is 2.38. The van der Waals surface area contributed by atoms with Gasteiger partial charge in [-0.1, -0.05) is 0 Å². The maximum absolute atomic E-state index is 11.2. The molecule has 1 heterocycles. The number of hydrogen-bond acceptors (Lipinski definition) is 3. The minimum Gasteiger partial charge on any atom is -0.481 e. The van der Waals surface area contributed by atoms with Crippen molar-refractivity contribution in [1.29, 1.82) is 0 Å². The predicted octanol–water partition coefficient (Wildman–Crippen LogP) is -0.328. The van der Waals surface area contributed by atoms with Crippen LogP contribution in [0.3, 0.4) is 0 Å². The van der Waals surface area contributed by atoms with E-state index in [1.165, 1.54) is 0 Å². The monoisotopic (exact) mass is 200 g/mol. The Morgan fingerprint density at radius 2 is 2.43 bits per heavy atom. The second-order valence-electron chi connectivity index (χ2n) is 3.62. The van der Waals surface area contributed by atoms with Crippen LogP contribution in [-0.4, -0.2) is 47.6 Å². The first-order valence-corrected chi connectivity index (χ1v) is 4.82. The second-order valence-corrected chi connectivity index (χ2v) is 3.62. The van der Waals surface area contributed by atoms with E-state index in [2.05, 4.69) is 5.32 Å². The lowest BCUT2D eigenvalue weighted by atomic mass is 10.2. The van der Waals surface area contributed by atoms with Gasteiger partial charge in [-0.05, 0) is 13.3 Å². The number of carboxylic acids is 1. The highest BCUT2D eigenvalue weighted by atomic mass is 16.4. The zero-order valence-electron chi connectivity index (χ0n) is 8.32. The minimum atomic E-state index is -0.817. The van der Waals surface area contributed by atoms with Gasteiger partial charge in [-0.3, -0.25) is 14.5 Å². The summed E-state index contributed by atoms with van der Waals surface area (Å²) in [4.78, 5) is 23.6. The number of hydrogen-bond donors (Lipinski definition) is 2. The van der Waals surface area contributed by atoms with Crippen LogP contribution in [-0.2, 0) is 9.59 Å². The van der Waals surface area contributed by atoms with Gasteiger partial charge in [0.05, 0.1) is 13.0 Å². The fourth-order valence-electron chi connectivity index (χ4n) is 1.59. The number of rotatable bonds is 3. The molecule has 0 spiro atoms. The van der Waals surface area contributed by atoms with Crippen molar-refractivity contribution in [3.8, 4) is 0 Å². The molecule has 5 nitrogen and oxygen atoms in total. The van der Waals surface area contributed by atoms with E-state index in [-0.39, 0.29) is 18.4 Å². The van der Waals surface area contributed by atoms with Gasteiger partial charge in [0.2, 0.25) is 5.91 Å². The summed E-state index contributed by atoms with van der Waals surface area (Å²) in [5, 5.41) is 11.4. The molecule has 1 saturated heterocycles. The van der Waals surface area contributed by atoms with Crippen LogP contribution in [0.1, 0.15) is 19.8 Å². The molecule has 5 heteroatoms. The van der Waals surface area contributed by atoms with Crippen LogP contribution in [0.25, 0.3) is 0 Å². The zero-order valence-corrected chi connectivity index (χ0v) is 8.32. The number of nitrogens with zero attached hydrogens (tertiary/aromatic N) is 1. The van der Waals surface area contributed by atoms with Crippen LogP contribution in [0, 0.1) is 0 Å². The fraction of sp³-hybridized carbons (Fsp3) is 0.778. The van der Waals surface area contributed by atoms with Crippen LogP contribution in [0.5, 0.6) is 0 Å². The molecule has 1 unspecified atom stereocenters. The van der Waals surface area contributed by atoms with E-state index < -0.39 is 5.97 Å². The van der Waals surface area contributed by atoms with Gasteiger partial charge in [-0.25, -0.2) is 0 Å². The summed E-state index contributed by atoms with van der Waals surface area (Å²) in [6.07, 6.45) is 0.975. The van der Waals surface area contributed by atoms with E-state index in [0.29, 0.717) is 13.1 Å². The third kappa shape index (κ3) is 3.33. The molecular formula is C9H16N2O3. The van der Waals surface area contributed by atoms with Gasteiger partial charge in [0.25, 0.3) is 0 Å². The first-order chi connectivity index (χ1) is 6.59. The topological polar surface area (TPSA) is 69.6 Å². The van der Waals surface area contributed by atoms with E-state index in [1.54, 1.807) is 0 Å². The first kappa shape index (κ1) is 11.0. The van der Waals surface area contributed by atoms with Crippen molar-refractivity contribution >= 4 is 11.9 Å². The number of carboxylic acid groups (broad SMARTS) is 1. The molecule has 1 rings (SSSR count). The van der Waals surface area contributed by atoms with Crippen molar-refractivity contribution in [3.63, 3.8) is 0 Å². The van der Waals surface area contributed by atoms with Crippen molar-refractivity contribution in [2.24, 2.45) is 0 Å². The Morgan fingerprint density at radius 1 is 1.71 bits per heavy atom. The van der Waals surface area contributed by atoms with Gasteiger partial charge < -0.3 is 10.4 Å². The molecular weight excluding hydrogens is 184 g/mol. The fourth-order valence-corrected chi connectivity index (χ4v) is 1.59. The molecule has 0 radical (unpaired) electrons. The highest BCUT2D eigenvalue weighted by molar-refractivity contribution is 5.78. The number of amides is 1.